The molecule has 1 aromatic carbocycles. The number of pyridine rings is 2. The van der Waals surface area contributed by atoms with Crippen LogP contribution in [0.1, 0.15) is 54.2 Å². The number of anilines is 1. The molecule has 9 heteroatoms. The summed E-state index contributed by atoms with van der Waals surface area (Å²) in [7, 11) is 0. The van der Waals surface area contributed by atoms with Gasteiger partial charge in [0.1, 0.15) is 17.5 Å². The number of benzene rings is 1. The Balaban J connectivity index is 1.39. The van der Waals surface area contributed by atoms with Crippen molar-refractivity contribution in [3.05, 3.63) is 57.5 Å². The molecule has 2 N–H and O–H groups in total. The summed E-state index contributed by atoms with van der Waals surface area (Å²) in [6, 6.07) is 5.80. The fourth-order valence-corrected chi connectivity index (χ4v) is 5.01. The molecule has 2 fully saturated rings. The maximum absolute atomic E-state index is 13.0. The quantitative estimate of drug-likeness (QED) is 0.572. The Labute approximate surface area is 201 Å². The maximum Gasteiger partial charge on any atom is 0.341 e. The Kier molecular flexibility index (Phi) is 5.17. The average molecular weight is 478 g/mol. The van der Waals surface area contributed by atoms with Gasteiger partial charge in [0.15, 0.2) is 5.79 Å². The van der Waals surface area contributed by atoms with Crippen molar-refractivity contribution < 1.29 is 24.1 Å². The molecule has 1 aliphatic carbocycles. The number of aromatic carboxylic acids is 1. The fourth-order valence-electron chi connectivity index (χ4n) is 5.01. The zero-order valence-electron chi connectivity index (χ0n) is 19.7. The van der Waals surface area contributed by atoms with Crippen molar-refractivity contribution in [1.82, 2.24) is 9.55 Å². The molecule has 0 unspecified atom stereocenters. The molecule has 0 amide bonds. The highest BCUT2D eigenvalue weighted by molar-refractivity contribution is 5.96. The van der Waals surface area contributed by atoms with Gasteiger partial charge in [0.2, 0.25) is 5.43 Å². The lowest BCUT2D eigenvalue weighted by atomic mass is 9.95. The predicted molar refractivity (Wildman–Crippen MR) is 129 cm³/mol. The number of carboxylic acids is 1. The number of fused-ring (bicyclic) bond motifs is 5. The zero-order valence-corrected chi connectivity index (χ0v) is 19.7. The molecule has 3 aromatic rings. The van der Waals surface area contributed by atoms with Crippen molar-refractivity contribution in [3.63, 3.8) is 0 Å². The maximum atomic E-state index is 13.0. The first kappa shape index (κ1) is 22.2. The number of hydrogen-bond donors (Lipinski definition) is 2. The molecule has 0 spiro atoms. The van der Waals surface area contributed by atoms with Gasteiger partial charge in [0.25, 0.3) is 0 Å². The van der Waals surface area contributed by atoms with Crippen LogP contribution in [0.25, 0.3) is 22.0 Å². The van der Waals surface area contributed by atoms with Crippen LogP contribution in [0.2, 0.25) is 0 Å². The summed E-state index contributed by atoms with van der Waals surface area (Å²) in [4.78, 5) is 29.3. The first-order valence-electron chi connectivity index (χ1n) is 11.9. The van der Waals surface area contributed by atoms with Crippen LogP contribution in [-0.4, -0.2) is 45.7 Å². The lowest BCUT2D eigenvalue weighted by Gasteiger charge is -2.18. The molecule has 35 heavy (non-hydrogen) atoms. The van der Waals surface area contributed by atoms with Gasteiger partial charge >= 0.3 is 5.97 Å². The first-order valence-corrected chi connectivity index (χ1v) is 11.9. The summed E-state index contributed by atoms with van der Waals surface area (Å²) in [6.07, 6.45) is 5.20. The van der Waals surface area contributed by atoms with Gasteiger partial charge in [-0.15, -0.1) is 0 Å². The van der Waals surface area contributed by atoms with Crippen molar-refractivity contribution in [2.45, 2.75) is 57.8 Å². The monoisotopic (exact) mass is 477 g/mol. The number of carboxylic acid groups (broad SMARTS) is 1. The van der Waals surface area contributed by atoms with E-state index in [-0.39, 0.29) is 17.7 Å². The second-order valence-electron chi connectivity index (χ2n) is 9.85. The molecule has 4 heterocycles. The highest BCUT2D eigenvalue weighted by Crippen LogP contribution is 2.41. The van der Waals surface area contributed by atoms with Gasteiger partial charge in [-0.2, -0.15) is 0 Å². The topological polar surface area (TPSA) is 112 Å². The number of hydrogen-bond acceptors (Lipinski definition) is 7. The van der Waals surface area contributed by atoms with Crippen LogP contribution in [0.15, 0.2) is 35.4 Å². The normalized spacial score (nSPS) is 20.8. The number of rotatable bonds is 5. The second-order valence-corrected chi connectivity index (χ2v) is 9.85. The molecular weight excluding hydrogens is 450 g/mol. The van der Waals surface area contributed by atoms with Crippen molar-refractivity contribution in [3.8, 4) is 11.1 Å². The number of aromatic nitrogens is 2. The average Bonchev–Trinajstić information content (AvgIpc) is 3.62. The standard InChI is InChI=1S/C26H27N3O6/c1-26(2)34-12-16(35-26)8-27-22-7-14-11-33-13-21-17(19(14)9-28-22)5-6-18-23(21)29(15-3-4-15)10-20(24(18)30)25(31)32/h5-7,9-10,15-16H,3-4,8,11-13H2,1-2H3,(H,27,28)(H,31,32)/t16-/m0/s1. The summed E-state index contributed by atoms with van der Waals surface area (Å²) >= 11 is 0. The van der Waals surface area contributed by atoms with E-state index < -0.39 is 17.2 Å². The van der Waals surface area contributed by atoms with Crippen molar-refractivity contribution in [1.29, 1.82) is 0 Å². The Bertz CT molecular complexity index is 1410. The number of ether oxygens (including phenoxy) is 3. The van der Waals surface area contributed by atoms with Gasteiger partial charge in [-0.1, -0.05) is 6.07 Å². The molecule has 0 radical (unpaired) electrons. The first-order chi connectivity index (χ1) is 16.8. The molecular formula is C26H27N3O6. The van der Waals surface area contributed by atoms with Crippen molar-refractivity contribution in [2.75, 3.05) is 18.5 Å². The Morgan fingerprint density at radius 1 is 1.26 bits per heavy atom. The minimum absolute atomic E-state index is 0.0520. The van der Waals surface area contributed by atoms with Crippen LogP contribution < -0.4 is 10.7 Å². The van der Waals surface area contributed by atoms with Crippen LogP contribution in [0.4, 0.5) is 5.82 Å². The van der Waals surface area contributed by atoms with Gasteiger partial charge in [-0.05, 0) is 49.9 Å². The summed E-state index contributed by atoms with van der Waals surface area (Å²) in [5.74, 6) is -1.04. The van der Waals surface area contributed by atoms with E-state index in [9.17, 15) is 14.7 Å². The summed E-state index contributed by atoms with van der Waals surface area (Å²) in [5.41, 5.74) is 3.89. The largest absolute Gasteiger partial charge is 0.477 e. The van der Waals surface area contributed by atoms with Gasteiger partial charge in [-0.25, -0.2) is 9.78 Å². The lowest BCUT2D eigenvalue weighted by molar-refractivity contribution is -0.136. The highest BCUT2D eigenvalue weighted by atomic mass is 16.7. The summed E-state index contributed by atoms with van der Waals surface area (Å²) in [6.45, 7) is 5.64. The van der Waals surface area contributed by atoms with Crippen molar-refractivity contribution in [2.24, 2.45) is 0 Å². The number of nitrogens with one attached hydrogen (secondary N) is 1. The minimum Gasteiger partial charge on any atom is -0.477 e. The molecule has 182 valence electrons. The molecule has 1 atom stereocenters. The fraction of sp³-hybridized carbons (Fsp3) is 0.423. The van der Waals surface area contributed by atoms with Crippen LogP contribution in [-0.2, 0) is 27.4 Å². The van der Waals surface area contributed by atoms with E-state index in [1.165, 1.54) is 6.20 Å². The molecule has 6 rings (SSSR count). The Morgan fingerprint density at radius 3 is 2.80 bits per heavy atom. The van der Waals surface area contributed by atoms with E-state index in [0.29, 0.717) is 31.8 Å². The highest BCUT2D eigenvalue weighted by Gasteiger charge is 2.33. The predicted octanol–water partition coefficient (Wildman–Crippen LogP) is 3.69. The van der Waals surface area contributed by atoms with Gasteiger partial charge in [0, 0.05) is 41.5 Å². The summed E-state index contributed by atoms with van der Waals surface area (Å²) in [5, 5.41) is 13.3. The van der Waals surface area contributed by atoms with Crippen LogP contribution in [0.3, 0.4) is 0 Å². The SMILES string of the molecule is CC1(C)OC[C@H](CNc2cc3c(cn2)-c2ccc4c(=O)c(C(=O)O)cn(C5CC5)c4c2COC3)O1. The van der Waals surface area contributed by atoms with E-state index in [1.807, 2.05) is 36.7 Å². The molecule has 1 saturated carbocycles. The molecule has 2 aromatic heterocycles. The van der Waals surface area contributed by atoms with Crippen molar-refractivity contribution >= 4 is 22.7 Å². The van der Waals surface area contributed by atoms with E-state index in [2.05, 4.69) is 10.3 Å². The molecule has 3 aliphatic rings. The summed E-state index contributed by atoms with van der Waals surface area (Å²) < 4.78 is 19.5. The Hall–Kier alpha value is -3.27. The zero-order chi connectivity index (χ0) is 24.3. The van der Waals surface area contributed by atoms with Gasteiger partial charge < -0.3 is 29.2 Å². The minimum atomic E-state index is -1.20. The van der Waals surface area contributed by atoms with E-state index in [4.69, 9.17) is 14.2 Å². The molecule has 9 nitrogen and oxygen atoms in total. The van der Waals surface area contributed by atoms with E-state index >= 15 is 0 Å². The van der Waals surface area contributed by atoms with Gasteiger partial charge in [-0.3, -0.25) is 4.79 Å². The van der Waals surface area contributed by atoms with Crippen LogP contribution >= 0.6 is 0 Å². The number of carbonyl (C=O) groups is 1. The molecule has 2 aliphatic heterocycles. The second kappa shape index (κ2) is 8.15. The van der Waals surface area contributed by atoms with Crippen LogP contribution in [0, 0.1) is 0 Å². The van der Waals surface area contributed by atoms with E-state index in [0.717, 1.165) is 46.4 Å². The molecule has 0 bridgehead atoms. The smallest absolute Gasteiger partial charge is 0.341 e. The third-order valence-corrected chi connectivity index (χ3v) is 6.83. The number of nitrogens with zero attached hydrogens (tertiary/aromatic N) is 2. The van der Waals surface area contributed by atoms with Gasteiger partial charge in [0.05, 0.1) is 25.3 Å². The third kappa shape index (κ3) is 3.99. The van der Waals surface area contributed by atoms with Crippen LogP contribution in [0.5, 0.6) is 0 Å². The Morgan fingerprint density at radius 2 is 2.09 bits per heavy atom. The molecule has 1 saturated heterocycles. The third-order valence-electron chi connectivity index (χ3n) is 6.83. The van der Waals surface area contributed by atoms with E-state index in [1.54, 1.807) is 6.07 Å². The lowest BCUT2D eigenvalue weighted by Crippen LogP contribution is -2.26.